The van der Waals surface area contributed by atoms with Gasteiger partial charge in [0.25, 0.3) is 0 Å². The van der Waals surface area contributed by atoms with Crippen LogP contribution in [0.2, 0.25) is 0 Å². The normalized spacial score (nSPS) is 15.8. The van der Waals surface area contributed by atoms with Gasteiger partial charge in [0.15, 0.2) is 5.43 Å². The minimum atomic E-state index is -0.500. The molecule has 4 aromatic rings. The van der Waals surface area contributed by atoms with Gasteiger partial charge in [-0.15, -0.1) is 0 Å². The Labute approximate surface area is 186 Å². The molecule has 5 nitrogen and oxygen atoms in total. The number of carbonyl (C=O) groups excluding carboxylic acids is 1. The van der Waals surface area contributed by atoms with Crippen molar-refractivity contribution in [1.82, 2.24) is 9.47 Å². The molecule has 1 atom stereocenters. The van der Waals surface area contributed by atoms with E-state index in [1.54, 1.807) is 0 Å². The maximum Gasteiger partial charge on any atom is 0.242 e. The molecule has 1 fully saturated rings. The lowest BCUT2D eigenvalue weighted by molar-refractivity contribution is -0.133. The Morgan fingerprint density at radius 3 is 1.97 bits per heavy atom. The van der Waals surface area contributed by atoms with Crippen LogP contribution in [0.4, 0.5) is 0 Å². The van der Waals surface area contributed by atoms with Gasteiger partial charge in [0.2, 0.25) is 5.91 Å². The number of fused-ring (bicyclic) bond motifs is 2. The summed E-state index contributed by atoms with van der Waals surface area (Å²) < 4.78 is 1.96. The first-order valence-electron chi connectivity index (χ1n) is 11.1. The van der Waals surface area contributed by atoms with E-state index in [1.165, 1.54) is 0 Å². The molecule has 162 valence electrons. The quantitative estimate of drug-likeness (QED) is 0.499. The molecule has 32 heavy (non-hydrogen) atoms. The van der Waals surface area contributed by atoms with E-state index in [-0.39, 0.29) is 23.8 Å². The summed E-state index contributed by atoms with van der Waals surface area (Å²) in [7, 11) is 0. The van der Waals surface area contributed by atoms with Crippen LogP contribution in [-0.2, 0) is 11.3 Å². The Balaban J connectivity index is 1.37. The number of para-hydroxylation sites is 2. The highest BCUT2D eigenvalue weighted by Gasteiger charge is 2.28. The van der Waals surface area contributed by atoms with Gasteiger partial charge < -0.3 is 14.6 Å². The predicted molar refractivity (Wildman–Crippen MR) is 126 cm³/mol. The van der Waals surface area contributed by atoms with Crippen molar-refractivity contribution in [1.29, 1.82) is 0 Å². The van der Waals surface area contributed by atoms with Crippen LogP contribution in [0, 0.1) is 5.92 Å². The van der Waals surface area contributed by atoms with E-state index in [4.69, 9.17) is 0 Å². The molecule has 0 radical (unpaired) electrons. The smallest absolute Gasteiger partial charge is 0.242 e. The van der Waals surface area contributed by atoms with Crippen LogP contribution in [0.15, 0.2) is 83.7 Å². The van der Waals surface area contributed by atoms with E-state index in [0.717, 1.165) is 29.4 Å². The van der Waals surface area contributed by atoms with Crippen molar-refractivity contribution in [2.24, 2.45) is 5.92 Å². The average Bonchev–Trinajstić information content (AvgIpc) is 2.86. The first kappa shape index (κ1) is 20.5. The number of aromatic nitrogens is 1. The van der Waals surface area contributed by atoms with E-state index in [1.807, 2.05) is 88.3 Å². The lowest BCUT2D eigenvalue weighted by Gasteiger charge is -2.34. The van der Waals surface area contributed by atoms with E-state index in [2.05, 4.69) is 0 Å². The summed E-state index contributed by atoms with van der Waals surface area (Å²) in [6, 6.07) is 24.7. The Morgan fingerprint density at radius 2 is 1.38 bits per heavy atom. The van der Waals surface area contributed by atoms with Crippen molar-refractivity contribution in [2.45, 2.75) is 25.5 Å². The van der Waals surface area contributed by atoms with Crippen molar-refractivity contribution in [3.8, 4) is 0 Å². The van der Waals surface area contributed by atoms with Gasteiger partial charge in [0.05, 0.1) is 17.1 Å². The first-order chi connectivity index (χ1) is 15.6. The average molecular weight is 427 g/mol. The molecule has 1 aliphatic heterocycles. The fraction of sp³-hybridized carbons (Fsp3) is 0.259. The van der Waals surface area contributed by atoms with Crippen LogP contribution in [-0.4, -0.2) is 33.6 Å². The number of benzene rings is 3. The standard InChI is InChI=1S/C27H26N2O3/c30-25(28-16-14-20(15-17-28)26(31)19-8-2-1-3-9-19)18-29-23-12-6-4-10-21(23)27(32)22-11-5-7-13-24(22)29/h1-13,20,26,31H,14-18H2. The van der Waals surface area contributed by atoms with Gasteiger partial charge in [0, 0.05) is 23.9 Å². The van der Waals surface area contributed by atoms with E-state index >= 15 is 0 Å². The van der Waals surface area contributed by atoms with Crippen molar-refractivity contribution < 1.29 is 9.90 Å². The highest BCUT2D eigenvalue weighted by atomic mass is 16.3. The Hall–Kier alpha value is -3.44. The minimum absolute atomic E-state index is 0.00406. The van der Waals surface area contributed by atoms with Crippen LogP contribution in [0.25, 0.3) is 21.8 Å². The molecule has 0 bridgehead atoms. The topological polar surface area (TPSA) is 62.5 Å². The molecular formula is C27H26N2O3. The summed E-state index contributed by atoms with van der Waals surface area (Å²) in [5.41, 5.74) is 2.48. The summed E-state index contributed by atoms with van der Waals surface area (Å²) in [6.45, 7) is 1.44. The van der Waals surface area contributed by atoms with Gasteiger partial charge in [-0.25, -0.2) is 0 Å². The number of aliphatic hydroxyl groups excluding tert-OH is 1. The molecule has 0 saturated carbocycles. The molecule has 3 aromatic carbocycles. The van der Waals surface area contributed by atoms with E-state index in [9.17, 15) is 14.7 Å². The van der Waals surface area contributed by atoms with Gasteiger partial charge in [0.1, 0.15) is 6.54 Å². The lowest BCUT2D eigenvalue weighted by Crippen LogP contribution is -2.41. The van der Waals surface area contributed by atoms with Crippen LogP contribution in [0.5, 0.6) is 0 Å². The number of likely N-dealkylation sites (tertiary alicyclic amines) is 1. The molecular weight excluding hydrogens is 400 g/mol. The zero-order valence-corrected chi connectivity index (χ0v) is 17.9. The maximum atomic E-state index is 13.3. The van der Waals surface area contributed by atoms with Crippen LogP contribution >= 0.6 is 0 Å². The molecule has 1 amide bonds. The predicted octanol–water partition coefficient (Wildman–Crippen LogP) is 4.13. The number of pyridine rings is 1. The highest BCUT2D eigenvalue weighted by molar-refractivity contribution is 5.94. The summed E-state index contributed by atoms with van der Waals surface area (Å²) in [5.74, 6) is 0.187. The number of nitrogens with zero attached hydrogens (tertiary/aromatic N) is 2. The zero-order chi connectivity index (χ0) is 22.1. The first-order valence-corrected chi connectivity index (χ1v) is 11.1. The summed E-state index contributed by atoms with van der Waals surface area (Å²) in [5, 5.41) is 12.0. The number of aliphatic hydroxyl groups is 1. The SMILES string of the molecule is O=C(Cn1c2ccccc2c(=O)c2ccccc21)N1CCC(C(O)c2ccccc2)CC1. The summed E-state index contributed by atoms with van der Waals surface area (Å²) in [6.07, 6.45) is 1.04. The minimum Gasteiger partial charge on any atom is -0.388 e. The van der Waals surface area contributed by atoms with Gasteiger partial charge in [-0.1, -0.05) is 54.6 Å². The van der Waals surface area contributed by atoms with Crippen molar-refractivity contribution in [2.75, 3.05) is 13.1 Å². The van der Waals surface area contributed by atoms with Gasteiger partial charge >= 0.3 is 0 Å². The monoisotopic (exact) mass is 426 g/mol. The third-order valence-electron chi connectivity index (χ3n) is 6.65. The second kappa shape index (κ2) is 8.60. The lowest BCUT2D eigenvalue weighted by atomic mass is 9.87. The largest absolute Gasteiger partial charge is 0.388 e. The molecule has 1 N–H and O–H groups in total. The Kier molecular flexibility index (Phi) is 5.50. The number of piperidine rings is 1. The Morgan fingerprint density at radius 1 is 0.844 bits per heavy atom. The van der Waals surface area contributed by atoms with E-state index in [0.29, 0.717) is 23.9 Å². The van der Waals surface area contributed by atoms with Crippen molar-refractivity contribution in [3.63, 3.8) is 0 Å². The van der Waals surface area contributed by atoms with Gasteiger partial charge in [-0.3, -0.25) is 9.59 Å². The zero-order valence-electron chi connectivity index (χ0n) is 17.9. The van der Waals surface area contributed by atoms with Crippen LogP contribution in [0.1, 0.15) is 24.5 Å². The summed E-state index contributed by atoms with van der Waals surface area (Å²) in [4.78, 5) is 28.0. The molecule has 5 heteroatoms. The second-order valence-corrected chi connectivity index (χ2v) is 8.52. The maximum absolute atomic E-state index is 13.3. The number of hydrogen-bond donors (Lipinski definition) is 1. The molecule has 1 aliphatic rings. The molecule has 2 heterocycles. The molecule has 0 spiro atoms. The van der Waals surface area contributed by atoms with Crippen molar-refractivity contribution in [3.05, 3.63) is 94.6 Å². The number of hydrogen-bond acceptors (Lipinski definition) is 3. The molecule has 1 aromatic heterocycles. The second-order valence-electron chi connectivity index (χ2n) is 8.52. The number of rotatable bonds is 4. The number of amides is 1. The molecule has 1 unspecified atom stereocenters. The molecule has 5 rings (SSSR count). The van der Waals surface area contributed by atoms with Crippen molar-refractivity contribution >= 4 is 27.7 Å². The van der Waals surface area contributed by atoms with Gasteiger partial charge in [-0.05, 0) is 48.6 Å². The van der Waals surface area contributed by atoms with E-state index < -0.39 is 6.10 Å². The Bertz CT molecular complexity index is 1260. The van der Waals surface area contributed by atoms with Crippen LogP contribution < -0.4 is 5.43 Å². The third-order valence-corrected chi connectivity index (χ3v) is 6.65. The number of carbonyl (C=O) groups is 1. The third kappa shape index (κ3) is 3.69. The highest BCUT2D eigenvalue weighted by Crippen LogP contribution is 2.31. The van der Waals surface area contributed by atoms with Crippen LogP contribution in [0.3, 0.4) is 0 Å². The summed E-state index contributed by atoms with van der Waals surface area (Å²) >= 11 is 0. The molecule has 0 aliphatic carbocycles. The molecule has 1 saturated heterocycles. The fourth-order valence-corrected chi connectivity index (χ4v) is 4.87. The fourth-order valence-electron chi connectivity index (χ4n) is 4.87. The van der Waals surface area contributed by atoms with Gasteiger partial charge in [-0.2, -0.15) is 0 Å².